The van der Waals surface area contributed by atoms with E-state index < -0.39 is 0 Å². The highest BCUT2D eigenvalue weighted by molar-refractivity contribution is 6.30. The summed E-state index contributed by atoms with van der Waals surface area (Å²) >= 11 is 5.80. The number of hydrogen-bond donors (Lipinski definition) is 3. The van der Waals surface area contributed by atoms with E-state index in [1.807, 2.05) is 19.9 Å². The number of aryl methyl sites for hydroxylation is 1. The molecule has 1 amide bonds. The van der Waals surface area contributed by atoms with Gasteiger partial charge in [0.25, 0.3) is 5.91 Å². The van der Waals surface area contributed by atoms with Gasteiger partial charge in [0.1, 0.15) is 5.82 Å². The normalized spacial score (nSPS) is 10.2. The second-order valence-electron chi connectivity index (χ2n) is 4.94. The van der Waals surface area contributed by atoms with Crippen molar-refractivity contribution in [1.82, 2.24) is 15.3 Å². The zero-order valence-corrected chi connectivity index (χ0v) is 13.9. The van der Waals surface area contributed by atoms with E-state index in [0.29, 0.717) is 29.6 Å². The molecule has 0 bridgehead atoms. The zero-order chi connectivity index (χ0) is 16.7. The highest BCUT2D eigenvalue weighted by Crippen LogP contribution is 2.10. The number of benzene rings is 1. The molecule has 0 atom stereocenters. The molecule has 0 saturated carbocycles. The third-order valence-electron chi connectivity index (χ3n) is 3.01. The lowest BCUT2D eigenvalue weighted by molar-refractivity contribution is 0.0955. The van der Waals surface area contributed by atoms with Crippen molar-refractivity contribution in [3.05, 3.63) is 46.6 Å². The first kappa shape index (κ1) is 17.0. The van der Waals surface area contributed by atoms with Crippen molar-refractivity contribution in [2.45, 2.75) is 13.8 Å². The Balaban J connectivity index is 1.81. The Morgan fingerprint density at radius 3 is 2.57 bits per heavy atom. The molecule has 1 heterocycles. The molecule has 0 aliphatic rings. The van der Waals surface area contributed by atoms with Gasteiger partial charge in [-0.25, -0.2) is 4.98 Å². The number of halogens is 1. The average Bonchev–Trinajstić information content (AvgIpc) is 2.52. The maximum absolute atomic E-state index is 11.9. The van der Waals surface area contributed by atoms with Crippen LogP contribution in [0.3, 0.4) is 0 Å². The minimum absolute atomic E-state index is 0.137. The summed E-state index contributed by atoms with van der Waals surface area (Å²) in [5.74, 6) is 1.19. The van der Waals surface area contributed by atoms with Crippen LogP contribution in [0.1, 0.15) is 23.0 Å². The molecule has 0 spiro atoms. The topological polar surface area (TPSA) is 78.9 Å². The van der Waals surface area contributed by atoms with Crippen molar-refractivity contribution < 1.29 is 4.79 Å². The first-order chi connectivity index (χ1) is 11.1. The van der Waals surface area contributed by atoms with Gasteiger partial charge in [0, 0.05) is 42.0 Å². The maximum atomic E-state index is 11.9. The lowest BCUT2D eigenvalue weighted by Gasteiger charge is -2.09. The second-order valence-corrected chi connectivity index (χ2v) is 5.37. The Morgan fingerprint density at radius 1 is 1.13 bits per heavy atom. The summed E-state index contributed by atoms with van der Waals surface area (Å²) in [5, 5.41) is 9.69. The second kappa shape index (κ2) is 8.33. The fourth-order valence-corrected chi connectivity index (χ4v) is 2.10. The van der Waals surface area contributed by atoms with Gasteiger partial charge >= 0.3 is 0 Å². The third-order valence-corrected chi connectivity index (χ3v) is 3.26. The lowest BCUT2D eigenvalue weighted by atomic mass is 10.2. The first-order valence-electron chi connectivity index (χ1n) is 7.45. The van der Waals surface area contributed by atoms with Crippen LogP contribution in [-0.2, 0) is 0 Å². The van der Waals surface area contributed by atoms with Crippen LogP contribution in [0.5, 0.6) is 0 Å². The Morgan fingerprint density at radius 2 is 1.87 bits per heavy atom. The van der Waals surface area contributed by atoms with E-state index in [2.05, 4.69) is 25.9 Å². The molecule has 122 valence electrons. The summed E-state index contributed by atoms with van der Waals surface area (Å²) in [7, 11) is 0. The lowest BCUT2D eigenvalue weighted by Crippen LogP contribution is -2.29. The monoisotopic (exact) mass is 333 g/mol. The summed E-state index contributed by atoms with van der Waals surface area (Å²) in [6.07, 6.45) is 0. The Hall–Kier alpha value is -2.34. The van der Waals surface area contributed by atoms with E-state index in [1.165, 1.54) is 0 Å². The standard InChI is InChI=1S/C16H20ClN5O/c1-3-18-14-10-11(2)21-16(22-14)20-9-8-19-15(23)12-4-6-13(17)7-5-12/h4-7,10H,3,8-9H2,1-2H3,(H,19,23)(H2,18,20,21,22). The van der Waals surface area contributed by atoms with Crippen molar-refractivity contribution in [3.63, 3.8) is 0 Å². The number of hydrogen-bond acceptors (Lipinski definition) is 5. The molecular weight excluding hydrogens is 314 g/mol. The molecule has 23 heavy (non-hydrogen) atoms. The molecule has 0 unspecified atom stereocenters. The van der Waals surface area contributed by atoms with Crippen molar-refractivity contribution in [2.24, 2.45) is 0 Å². The predicted octanol–water partition coefficient (Wildman–Crippen LogP) is 2.71. The van der Waals surface area contributed by atoms with Gasteiger partial charge in [-0.2, -0.15) is 4.98 Å². The number of anilines is 2. The molecule has 6 nitrogen and oxygen atoms in total. The first-order valence-corrected chi connectivity index (χ1v) is 7.83. The van der Waals surface area contributed by atoms with Crippen LogP contribution in [-0.4, -0.2) is 35.5 Å². The summed E-state index contributed by atoms with van der Waals surface area (Å²) in [6, 6.07) is 8.65. The van der Waals surface area contributed by atoms with Gasteiger partial charge in [0.2, 0.25) is 5.95 Å². The number of carbonyl (C=O) groups excluding carboxylic acids is 1. The van der Waals surface area contributed by atoms with Gasteiger partial charge in [-0.15, -0.1) is 0 Å². The Labute approximate surface area is 140 Å². The smallest absolute Gasteiger partial charge is 0.251 e. The molecule has 0 aliphatic heterocycles. The quantitative estimate of drug-likeness (QED) is 0.679. The van der Waals surface area contributed by atoms with E-state index in [-0.39, 0.29) is 5.91 Å². The van der Waals surface area contributed by atoms with Crippen LogP contribution in [0.2, 0.25) is 5.02 Å². The molecule has 0 fully saturated rings. The highest BCUT2D eigenvalue weighted by Gasteiger charge is 2.05. The van der Waals surface area contributed by atoms with Crippen LogP contribution >= 0.6 is 11.6 Å². The van der Waals surface area contributed by atoms with E-state index in [4.69, 9.17) is 11.6 Å². The van der Waals surface area contributed by atoms with E-state index in [1.54, 1.807) is 24.3 Å². The van der Waals surface area contributed by atoms with Crippen LogP contribution in [0.4, 0.5) is 11.8 Å². The van der Waals surface area contributed by atoms with Crippen molar-refractivity contribution >= 4 is 29.3 Å². The molecule has 0 aliphatic carbocycles. The molecule has 2 rings (SSSR count). The Bertz CT molecular complexity index is 660. The molecular formula is C16H20ClN5O. The molecule has 3 N–H and O–H groups in total. The van der Waals surface area contributed by atoms with Gasteiger partial charge in [-0.05, 0) is 38.1 Å². The summed E-state index contributed by atoms with van der Waals surface area (Å²) in [5.41, 5.74) is 1.46. The number of aromatic nitrogens is 2. The molecule has 0 saturated heterocycles. The third kappa shape index (κ3) is 5.41. The minimum atomic E-state index is -0.137. The van der Waals surface area contributed by atoms with E-state index in [0.717, 1.165) is 18.1 Å². The highest BCUT2D eigenvalue weighted by atomic mass is 35.5. The largest absolute Gasteiger partial charge is 0.370 e. The fourth-order valence-electron chi connectivity index (χ4n) is 1.97. The van der Waals surface area contributed by atoms with Gasteiger partial charge in [0.05, 0.1) is 0 Å². The van der Waals surface area contributed by atoms with Gasteiger partial charge in [0.15, 0.2) is 0 Å². The van der Waals surface area contributed by atoms with Gasteiger partial charge in [-0.3, -0.25) is 4.79 Å². The van der Waals surface area contributed by atoms with Crippen LogP contribution in [0.25, 0.3) is 0 Å². The average molecular weight is 334 g/mol. The van der Waals surface area contributed by atoms with Crippen LogP contribution < -0.4 is 16.0 Å². The Kier molecular flexibility index (Phi) is 6.17. The van der Waals surface area contributed by atoms with Crippen molar-refractivity contribution in [1.29, 1.82) is 0 Å². The summed E-state index contributed by atoms with van der Waals surface area (Å²) < 4.78 is 0. The number of nitrogens with one attached hydrogen (secondary N) is 3. The van der Waals surface area contributed by atoms with Gasteiger partial charge < -0.3 is 16.0 Å². The molecule has 2 aromatic rings. The number of carbonyl (C=O) groups is 1. The SMILES string of the molecule is CCNc1cc(C)nc(NCCNC(=O)c2ccc(Cl)cc2)n1. The van der Waals surface area contributed by atoms with E-state index in [9.17, 15) is 4.79 Å². The molecule has 1 aromatic carbocycles. The molecule has 0 radical (unpaired) electrons. The van der Waals surface area contributed by atoms with Gasteiger partial charge in [-0.1, -0.05) is 11.6 Å². The molecule has 1 aromatic heterocycles. The maximum Gasteiger partial charge on any atom is 0.251 e. The number of nitrogens with zero attached hydrogens (tertiary/aromatic N) is 2. The van der Waals surface area contributed by atoms with Crippen molar-refractivity contribution in [2.75, 3.05) is 30.3 Å². The predicted molar refractivity (Wildman–Crippen MR) is 93.2 cm³/mol. The van der Waals surface area contributed by atoms with Crippen molar-refractivity contribution in [3.8, 4) is 0 Å². The fraction of sp³-hybridized carbons (Fsp3) is 0.312. The molecule has 7 heteroatoms. The minimum Gasteiger partial charge on any atom is -0.370 e. The summed E-state index contributed by atoms with van der Waals surface area (Å²) in [6.45, 7) is 5.73. The van der Waals surface area contributed by atoms with Crippen LogP contribution in [0.15, 0.2) is 30.3 Å². The summed E-state index contributed by atoms with van der Waals surface area (Å²) in [4.78, 5) is 20.6. The van der Waals surface area contributed by atoms with Crippen LogP contribution in [0, 0.1) is 6.92 Å². The van der Waals surface area contributed by atoms with E-state index >= 15 is 0 Å². The number of rotatable bonds is 7. The zero-order valence-electron chi connectivity index (χ0n) is 13.2. The number of amides is 1.